The molecule has 1 aromatic carbocycles. The first-order valence-corrected chi connectivity index (χ1v) is 5.48. The fourth-order valence-electron chi connectivity index (χ4n) is 1.55. The molecular weight excluding hydrogens is 221 g/mol. The Hall–Kier alpha value is -1.68. The lowest BCUT2D eigenvalue weighted by Gasteiger charge is -2.00. The lowest BCUT2D eigenvalue weighted by Crippen LogP contribution is -1.99. The van der Waals surface area contributed by atoms with Crippen LogP contribution in [0, 0.1) is 5.82 Å². The molecular formula is C13H14FNO2. The first-order chi connectivity index (χ1) is 8.19. The van der Waals surface area contributed by atoms with Crippen molar-refractivity contribution in [2.24, 2.45) is 0 Å². The van der Waals surface area contributed by atoms with Crippen LogP contribution in [0.15, 0.2) is 34.9 Å². The van der Waals surface area contributed by atoms with Gasteiger partial charge in [0.2, 0.25) is 0 Å². The second-order valence-electron chi connectivity index (χ2n) is 4.06. The van der Waals surface area contributed by atoms with E-state index in [1.54, 1.807) is 6.07 Å². The maximum atomic E-state index is 13.0. The summed E-state index contributed by atoms with van der Waals surface area (Å²) in [5, 5.41) is 8.99. The van der Waals surface area contributed by atoms with Gasteiger partial charge in [-0.1, -0.05) is 19.1 Å². The summed E-state index contributed by atoms with van der Waals surface area (Å²) in [6, 6.07) is 6.34. The third-order valence-electron chi connectivity index (χ3n) is 2.59. The van der Waals surface area contributed by atoms with E-state index in [4.69, 9.17) is 9.52 Å². The van der Waals surface area contributed by atoms with Crippen LogP contribution in [-0.4, -0.2) is 16.7 Å². The van der Waals surface area contributed by atoms with E-state index in [-0.39, 0.29) is 18.3 Å². The Morgan fingerprint density at radius 2 is 2.29 bits per heavy atom. The van der Waals surface area contributed by atoms with Crippen LogP contribution in [0.2, 0.25) is 0 Å². The molecule has 0 saturated heterocycles. The highest BCUT2D eigenvalue weighted by Crippen LogP contribution is 2.16. The molecule has 1 atom stereocenters. The van der Waals surface area contributed by atoms with Gasteiger partial charge in [0, 0.05) is 12.3 Å². The third-order valence-corrected chi connectivity index (χ3v) is 2.59. The van der Waals surface area contributed by atoms with Crippen LogP contribution in [-0.2, 0) is 6.42 Å². The smallest absolute Gasteiger partial charge is 0.198 e. The van der Waals surface area contributed by atoms with Gasteiger partial charge >= 0.3 is 0 Å². The Morgan fingerprint density at radius 3 is 3.00 bits per heavy atom. The largest absolute Gasteiger partial charge is 0.448 e. The number of nitrogens with zero attached hydrogens (tertiary/aromatic N) is 1. The molecule has 90 valence electrons. The lowest BCUT2D eigenvalue weighted by atomic mass is 10.1. The number of benzene rings is 1. The van der Waals surface area contributed by atoms with E-state index in [2.05, 4.69) is 4.98 Å². The van der Waals surface area contributed by atoms with E-state index in [1.165, 1.54) is 18.4 Å². The molecule has 1 N–H and O–H groups in total. The Bertz CT molecular complexity index is 496. The average Bonchev–Trinajstić information content (AvgIpc) is 2.76. The van der Waals surface area contributed by atoms with Crippen molar-refractivity contribution in [1.29, 1.82) is 0 Å². The molecule has 0 aliphatic rings. The molecule has 0 bridgehead atoms. The van der Waals surface area contributed by atoms with Crippen molar-refractivity contribution in [3.63, 3.8) is 0 Å². The number of aliphatic hydroxyl groups is 1. The fraction of sp³-hybridized carbons (Fsp3) is 0.308. The summed E-state index contributed by atoms with van der Waals surface area (Å²) in [7, 11) is 0. The zero-order valence-corrected chi connectivity index (χ0v) is 9.56. The molecule has 1 heterocycles. The average molecular weight is 235 g/mol. The van der Waals surface area contributed by atoms with Gasteiger partial charge in [0.25, 0.3) is 0 Å². The fourth-order valence-corrected chi connectivity index (χ4v) is 1.55. The van der Waals surface area contributed by atoms with Crippen LogP contribution >= 0.6 is 0 Å². The third kappa shape index (κ3) is 2.91. The summed E-state index contributed by atoms with van der Waals surface area (Å²) in [5.41, 5.74) is 1.54. The van der Waals surface area contributed by atoms with Crippen LogP contribution in [0.1, 0.15) is 30.0 Å². The zero-order valence-electron chi connectivity index (χ0n) is 9.56. The van der Waals surface area contributed by atoms with Crippen molar-refractivity contribution in [3.05, 3.63) is 53.5 Å². The minimum atomic E-state index is -0.266. The summed E-state index contributed by atoms with van der Waals surface area (Å²) in [4.78, 5) is 4.26. The number of hydrogen-bond donors (Lipinski definition) is 1. The second-order valence-corrected chi connectivity index (χ2v) is 4.06. The Morgan fingerprint density at radius 1 is 1.47 bits per heavy atom. The van der Waals surface area contributed by atoms with E-state index in [0.717, 1.165) is 11.3 Å². The van der Waals surface area contributed by atoms with Gasteiger partial charge in [-0.05, 0) is 17.7 Å². The molecule has 0 amide bonds. The highest BCUT2D eigenvalue weighted by Gasteiger charge is 2.10. The number of rotatable bonds is 4. The van der Waals surface area contributed by atoms with E-state index in [1.807, 2.05) is 13.0 Å². The standard InChI is InChI=1S/C13H14FNO2/c1-9(7-16)12-8-17-13(15-12)6-10-3-2-4-11(14)5-10/h2-5,8-9,16H,6-7H2,1H3. The predicted octanol–water partition coefficient (Wildman–Crippen LogP) is 2.50. The predicted molar refractivity (Wildman–Crippen MR) is 61.2 cm³/mol. The van der Waals surface area contributed by atoms with Crippen LogP contribution in [0.5, 0.6) is 0 Å². The molecule has 1 aromatic heterocycles. The zero-order chi connectivity index (χ0) is 12.3. The number of oxazole rings is 1. The quantitative estimate of drug-likeness (QED) is 0.885. The molecule has 0 saturated carbocycles. The topological polar surface area (TPSA) is 46.3 Å². The van der Waals surface area contributed by atoms with Gasteiger partial charge in [0.1, 0.15) is 12.1 Å². The first-order valence-electron chi connectivity index (χ1n) is 5.48. The van der Waals surface area contributed by atoms with Crippen molar-refractivity contribution in [1.82, 2.24) is 4.98 Å². The minimum Gasteiger partial charge on any atom is -0.448 e. The summed E-state index contributed by atoms with van der Waals surface area (Å²) in [6.45, 7) is 1.90. The Labute approximate surface area is 98.9 Å². The number of hydrogen-bond acceptors (Lipinski definition) is 3. The van der Waals surface area contributed by atoms with Gasteiger partial charge in [-0.25, -0.2) is 9.37 Å². The van der Waals surface area contributed by atoms with Gasteiger partial charge < -0.3 is 9.52 Å². The molecule has 3 nitrogen and oxygen atoms in total. The summed E-state index contributed by atoms with van der Waals surface area (Å²) in [5.74, 6) is 0.226. The number of halogens is 1. The molecule has 17 heavy (non-hydrogen) atoms. The normalized spacial score (nSPS) is 12.6. The highest BCUT2D eigenvalue weighted by molar-refractivity contribution is 5.20. The van der Waals surface area contributed by atoms with Crippen LogP contribution in [0.3, 0.4) is 0 Å². The Balaban J connectivity index is 2.11. The van der Waals surface area contributed by atoms with Crippen molar-refractivity contribution >= 4 is 0 Å². The molecule has 4 heteroatoms. The van der Waals surface area contributed by atoms with Crippen LogP contribution in [0.4, 0.5) is 4.39 Å². The van der Waals surface area contributed by atoms with E-state index in [9.17, 15) is 4.39 Å². The molecule has 0 radical (unpaired) electrons. The lowest BCUT2D eigenvalue weighted by molar-refractivity contribution is 0.271. The molecule has 0 fully saturated rings. The first kappa shape index (κ1) is 11.8. The van der Waals surface area contributed by atoms with Gasteiger partial charge in [-0.3, -0.25) is 0 Å². The molecule has 0 aliphatic carbocycles. The van der Waals surface area contributed by atoms with Gasteiger partial charge in [0.15, 0.2) is 5.89 Å². The van der Waals surface area contributed by atoms with Crippen molar-refractivity contribution in [2.45, 2.75) is 19.3 Å². The van der Waals surface area contributed by atoms with Crippen molar-refractivity contribution < 1.29 is 13.9 Å². The Kier molecular flexibility index (Phi) is 3.54. The van der Waals surface area contributed by atoms with Crippen LogP contribution < -0.4 is 0 Å². The summed E-state index contributed by atoms with van der Waals surface area (Å²) in [6.07, 6.45) is 1.99. The number of aromatic nitrogens is 1. The number of aliphatic hydroxyl groups excluding tert-OH is 1. The molecule has 2 aromatic rings. The monoisotopic (exact) mass is 235 g/mol. The molecule has 0 spiro atoms. The highest BCUT2D eigenvalue weighted by atomic mass is 19.1. The van der Waals surface area contributed by atoms with Crippen LogP contribution in [0.25, 0.3) is 0 Å². The molecule has 2 rings (SSSR count). The maximum Gasteiger partial charge on any atom is 0.198 e. The van der Waals surface area contributed by atoms with Gasteiger partial charge in [0.05, 0.1) is 12.3 Å². The van der Waals surface area contributed by atoms with Gasteiger partial charge in [-0.2, -0.15) is 0 Å². The maximum absolute atomic E-state index is 13.0. The molecule has 1 unspecified atom stereocenters. The van der Waals surface area contributed by atoms with E-state index >= 15 is 0 Å². The summed E-state index contributed by atoms with van der Waals surface area (Å²) >= 11 is 0. The SMILES string of the molecule is CC(CO)c1coc(Cc2cccc(F)c2)n1. The summed E-state index contributed by atoms with van der Waals surface area (Å²) < 4.78 is 18.3. The van der Waals surface area contributed by atoms with Gasteiger partial charge in [-0.15, -0.1) is 0 Å². The van der Waals surface area contributed by atoms with Crippen molar-refractivity contribution in [2.75, 3.05) is 6.61 Å². The molecule has 0 aliphatic heterocycles. The van der Waals surface area contributed by atoms with Crippen molar-refractivity contribution in [3.8, 4) is 0 Å². The van der Waals surface area contributed by atoms with E-state index < -0.39 is 0 Å². The van der Waals surface area contributed by atoms with E-state index in [0.29, 0.717) is 12.3 Å². The minimum absolute atomic E-state index is 0.0337. The second kappa shape index (κ2) is 5.10.